The minimum Gasteiger partial charge on any atom is -0.381 e. The van der Waals surface area contributed by atoms with Crippen molar-refractivity contribution in [3.05, 3.63) is 58.0 Å². The molecule has 134 valence electrons. The Hall–Kier alpha value is -1.96. The molecular weight excluding hydrogens is 414 g/mol. The smallest absolute Gasteiger partial charge is 0.266 e. The number of ether oxygens (including phenoxy) is 1. The third-order valence-corrected chi connectivity index (χ3v) is 6.03. The maximum Gasteiger partial charge on any atom is 0.266 e. The average Bonchev–Trinajstić information content (AvgIpc) is 3.38. The molecule has 0 bridgehead atoms. The number of hydrogen-bond donors (Lipinski definition) is 1. The molecule has 0 aliphatic carbocycles. The number of nitrogens with zero attached hydrogens (tertiary/aromatic N) is 2. The minimum absolute atomic E-state index is 0.109. The second-order valence-electron chi connectivity index (χ2n) is 6.25. The summed E-state index contributed by atoms with van der Waals surface area (Å²) in [4.78, 5) is 14.4. The molecule has 26 heavy (non-hydrogen) atoms. The van der Waals surface area contributed by atoms with Crippen LogP contribution >= 0.6 is 27.3 Å². The lowest BCUT2D eigenvalue weighted by Crippen LogP contribution is -2.18. The molecule has 1 amide bonds. The first-order valence-electron chi connectivity index (χ1n) is 8.46. The third-order valence-electron chi connectivity index (χ3n) is 4.37. The summed E-state index contributed by atoms with van der Waals surface area (Å²) in [6.07, 6.45) is 2.75. The summed E-state index contributed by atoms with van der Waals surface area (Å²) < 4.78 is 8.30. The predicted molar refractivity (Wildman–Crippen MR) is 107 cm³/mol. The van der Waals surface area contributed by atoms with Crippen molar-refractivity contribution in [2.75, 3.05) is 18.5 Å². The standard InChI is InChI=1S/C19H18BrN3O2S/c20-15-3-1-14(2-4-15)16-5-6-17(26-16)19(24)22-18-7-9-21-23(18)11-13-8-10-25-12-13/h1-7,9,13H,8,10-12H2,(H,22,24). The van der Waals surface area contributed by atoms with E-state index in [0.717, 1.165) is 46.9 Å². The number of benzene rings is 1. The van der Waals surface area contributed by atoms with Crippen LogP contribution in [0.15, 0.2) is 53.1 Å². The van der Waals surface area contributed by atoms with Crippen LogP contribution in [0.3, 0.4) is 0 Å². The first-order valence-corrected chi connectivity index (χ1v) is 10.1. The van der Waals surface area contributed by atoms with E-state index in [0.29, 0.717) is 10.8 Å². The van der Waals surface area contributed by atoms with Gasteiger partial charge in [-0.05, 0) is 36.2 Å². The Balaban J connectivity index is 1.46. The molecule has 7 heteroatoms. The van der Waals surface area contributed by atoms with Gasteiger partial charge in [-0.3, -0.25) is 4.79 Å². The van der Waals surface area contributed by atoms with Gasteiger partial charge in [0.2, 0.25) is 0 Å². The van der Waals surface area contributed by atoms with E-state index in [1.54, 1.807) is 6.20 Å². The molecule has 1 saturated heterocycles. The number of carbonyl (C=O) groups is 1. The molecule has 1 atom stereocenters. The Morgan fingerprint density at radius 1 is 1.27 bits per heavy atom. The molecule has 0 saturated carbocycles. The van der Waals surface area contributed by atoms with Gasteiger partial charge >= 0.3 is 0 Å². The van der Waals surface area contributed by atoms with Crippen molar-refractivity contribution in [2.24, 2.45) is 5.92 Å². The molecule has 1 fully saturated rings. The summed E-state index contributed by atoms with van der Waals surface area (Å²) in [6.45, 7) is 2.33. The Labute approximate surface area is 164 Å². The van der Waals surface area contributed by atoms with Crippen LogP contribution in [-0.2, 0) is 11.3 Å². The van der Waals surface area contributed by atoms with Crippen LogP contribution in [0.4, 0.5) is 5.82 Å². The number of hydrogen-bond acceptors (Lipinski definition) is 4. The number of nitrogens with one attached hydrogen (secondary N) is 1. The number of thiophene rings is 1. The van der Waals surface area contributed by atoms with Gasteiger partial charge in [-0.2, -0.15) is 5.10 Å². The number of carbonyl (C=O) groups excluding carboxylic acids is 1. The molecule has 1 aromatic carbocycles. The molecule has 1 aliphatic rings. The third kappa shape index (κ3) is 3.90. The van der Waals surface area contributed by atoms with E-state index in [9.17, 15) is 4.79 Å². The quantitative estimate of drug-likeness (QED) is 0.638. The first kappa shape index (κ1) is 17.5. The van der Waals surface area contributed by atoms with Gasteiger partial charge in [0.1, 0.15) is 5.82 Å². The van der Waals surface area contributed by atoms with Crippen LogP contribution < -0.4 is 5.32 Å². The van der Waals surface area contributed by atoms with Crippen LogP contribution in [0.5, 0.6) is 0 Å². The van der Waals surface area contributed by atoms with E-state index >= 15 is 0 Å². The molecule has 1 aliphatic heterocycles. The summed E-state index contributed by atoms with van der Waals surface area (Å²) in [5, 5.41) is 7.31. The molecule has 1 N–H and O–H groups in total. The Morgan fingerprint density at radius 3 is 2.88 bits per heavy atom. The lowest BCUT2D eigenvalue weighted by molar-refractivity contribution is 0.102. The van der Waals surface area contributed by atoms with Gasteiger partial charge in [0.05, 0.1) is 17.7 Å². The van der Waals surface area contributed by atoms with Gasteiger partial charge in [0, 0.05) is 34.5 Å². The molecule has 1 unspecified atom stereocenters. The van der Waals surface area contributed by atoms with Crippen molar-refractivity contribution < 1.29 is 9.53 Å². The van der Waals surface area contributed by atoms with E-state index < -0.39 is 0 Å². The van der Waals surface area contributed by atoms with Crippen molar-refractivity contribution >= 4 is 39.0 Å². The molecule has 2 aromatic heterocycles. The van der Waals surface area contributed by atoms with E-state index in [-0.39, 0.29) is 5.91 Å². The highest BCUT2D eigenvalue weighted by Crippen LogP contribution is 2.29. The van der Waals surface area contributed by atoms with Gasteiger partial charge in [-0.15, -0.1) is 11.3 Å². The summed E-state index contributed by atoms with van der Waals surface area (Å²) in [7, 11) is 0. The highest BCUT2D eigenvalue weighted by atomic mass is 79.9. The fourth-order valence-corrected chi connectivity index (χ4v) is 4.13. The van der Waals surface area contributed by atoms with E-state index in [1.807, 2.05) is 47.1 Å². The number of aromatic nitrogens is 2. The number of rotatable bonds is 5. The summed E-state index contributed by atoms with van der Waals surface area (Å²) in [5.41, 5.74) is 1.10. The maximum atomic E-state index is 12.6. The fraction of sp³-hybridized carbons (Fsp3) is 0.263. The summed E-state index contributed by atoms with van der Waals surface area (Å²) in [6, 6.07) is 13.8. The lowest BCUT2D eigenvalue weighted by atomic mass is 10.1. The fourth-order valence-electron chi connectivity index (χ4n) is 2.96. The largest absolute Gasteiger partial charge is 0.381 e. The second-order valence-corrected chi connectivity index (χ2v) is 8.25. The van der Waals surface area contributed by atoms with Crippen LogP contribution in [-0.4, -0.2) is 28.9 Å². The molecule has 4 rings (SSSR count). The SMILES string of the molecule is O=C(Nc1ccnn1CC1CCOC1)c1ccc(-c2ccc(Br)cc2)s1. The number of amides is 1. The lowest BCUT2D eigenvalue weighted by Gasteiger charge is -2.11. The van der Waals surface area contributed by atoms with Crippen molar-refractivity contribution in [3.8, 4) is 10.4 Å². The molecular formula is C19H18BrN3O2S. The zero-order valence-electron chi connectivity index (χ0n) is 14.0. The van der Waals surface area contributed by atoms with Crippen LogP contribution in [0.2, 0.25) is 0 Å². The Morgan fingerprint density at radius 2 is 2.12 bits per heavy atom. The predicted octanol–water partition coefficient (Wildman–Crippen LogP) is 4.66. The maximum absolute atomic E-state index is 12.6. The van der Waals surface area contributed by atoms with Gasteiger partial charge in [-0.1, -0.05) is 28.1 Å². The second kappa shape index (κ2) is 7.73. The van der Waals surface area contributed by atoms with E-state index in [2.05, 4.69) is 26.3 Å². The number of halogens is 1. The van der Waals surface area contributed by atoms with E-state index in [4.69, 9.17) is 4.74 Å². The van der Waals surface area contributed by atoms with Crippen molar-refractivity contribution in [3.63, 3.8) is 0 Å². The molecule has 3 heterocycles. The van der Waals surface area contributed by atoms with Crippen molar-refractivity contribution in [1.29, 1.82) is 0 Å². The zero-order valence-corrected chi connectivity index (χ0v) is 16.4. The monoisotopic (exact) mass is 431 g/mol. The normalized spacial score (nSPS) is 16.7. The molecule has 3 aromatic rings. The highest BCUT2D eigenvalue weighted by molar-refractivity contribution is 9.10. The van der Waals surface area contributed by atoms with Crippen LogP contribution in [0, 0.1) is 5.92 Å². The van der Waals surface area contributed by atoms with Gasteiger partial charge in [-0.25, -0.2) is 4.68 Å². The Kier molecular flexibility index (Phi) is 5.19. The molecule has 5 nitrogen and oxygen atoms in total. The van der Waals surface area contributed by atoms with E-state index in [1.165, 1.54) is 11.3 Å². The topological polar surface area (TPSA) is 56.2 Å². The van der Waals surface area contributed by atoms with Gasteiger partial charge in [0.15, 0.2) is 0 Å². The van der Waals surface area contributed by atoms with Crippen LogP contribution in [0.1, 0.15) is 16.1 Å². The van der Waals surface area contributed by atoms with Crippen LogP contribution in [0.25, 0.3) is 10.4 Å². The molecule has 0 radical (unpaired) electrons. The summed E-state index contributed by atoms with van der Waals surface area (Å²) >= 11 is 4.92. The number of anilines is 1. The van der Waals surface area contributed by atoms with Gasteiger partial charge < -0.3 is 10.1 Å². The minimum atomic E-state index is -0.109. The summed E-state index contributed by atoms with van der Waals surface area (Å²) in [5.74, 6) is 1.07. The zero-order chi connectivity index (χ0) is 17.9. The first-order chi connectivity index (χ1) is 12.7. The molecule has 0 spiro atoms. The highest BCUT2D eigenvalue weighted by Gasteiger charge is 2.19. The van der Waals surface area contributed by atoms with Crippen molar-refractivity contribution in [1.82, 2.24) is 9.78 Å². The average molecular weight is 432 g/mol. The van der Waals surface area contributed by atoms with Crippen molar-refractivity contribution in [2.45, 2.75) is 13.0 Å². The van der Waals surface area contributed by atoms with Gasteiger partial charge in [0.25, 0.3) is 5.91 Å². The Bertz CT molecular complexity index is 898.